The van der Waals surface area contributed by atoms with Crippen LogP contribution in [0.1, 0.15) is 32.6 Å². The van der Waals surface area contributed by atoms with Crippen molar-refractivity contribution >= 4 is 18.3 Å². The highest BCUT2D eigenvalue weighted by molar-refractivity contribution is 5.85. The molecule has 1 aliphatic rings. The lowest BCUT2D eigenvalue weighted by Crippen LogP contribution is -2.46. The summed E-state index contributed by atoms with van der Waals surface area (Å²) in [4.78, 5) is 11.7. The second kappa shape index (κ2) is 7.87. The zero-order valence-electron chi connectivity index (χ0n) is 10.1. The van der Waals surface area contributed by atoms with Crippen molar-refractivity contribution in [3.05, 3.63) is 0 Å². The highest BCUT2D eigenvalue weighted by atomic mass is 35.5. The first kappa shape index (κ1) is 15.7. The van der Waals surface area contributed by atoms with Gasteiger partial charge in [-0.2, -0.15) is 0 Å². The molecule has 1 amide bonds. The first-order chi connectivity index (χ1) is 7.19. The van der Waals surface area contributed by atoms with E-state index in [4.69, 9.17) is 10.5 Å². The number of amides is 1. The van der Waals surface area contributed by atoms with Crippen LogP contribution < -0.4 is 11.1 Å². The summed E-state index contributed by atoms with van der Waals surface area (Å²) in [7, 11) is 1.51. The van der Waals surface area contributed by atoms with Gasteiger partial charge < -0.3 is 15.8 Å². The Balaban J connectivity index is 0.00000225. The molecule has 0 aromatic heterocycles. The van der Waals surface area contributed by atoms with Gasteiger partial charge in [-0.1, -0.05) is 12.8 Å². The number of methoxy groups -OCH3 is 1. The number of nitrogens with two attached hydrogens (primary N) is 1. The van der Waals surface area contributed by atoms with Crippen LogP contribution in [-0.2, 0) is 9.53 Å². The third-order valence-electron chi connectivity index (χ3n) is 3.27. The Morgan fingerprint density at radius 1 is 1.50 bits per heavy atom. The number of hydrogen-bond donors (Lipinski definition) is 2. The largest absolute Gasteiger partial charge is 0.370 e. The Hall–Kier alpha value is -0.320. The van der Waals surface area contributed by atoms with Crippen LogP contribution >= 0.6 is 12.4 Å². The van der Waals surface area contributed by atoms with Crippen molar-refractivity contribution in [1.82, 2.24) is 5.32 Å². The van der Waals surface area contributed by atoms with Gasteiger partial charge in [0.15, 0.2) is 0 Å². The summed E-state index contributed by atoms with van der Waals surface area (Å²) in [6.07, 6.45) is 4.52. The standard InChI is InChI=1S/C11H22N2O2.ClH/c1-8(9-5-3-4-6-9)13-11(14)10(7-12)15-2;/h8-10H,3-7,12H2,1-2H3,(H,13,14);1H. The smallest absolute Gasteiger partial charge is 0.250 e. The molecule has 16 heavy (non-hydrogen) atoms. The summed E-state index contributed by atoms with van der Waals surface area (Å²) in [6, 6.07) is 0.240. The van der Waals surface area contributed by atoms with E-state index < -0.39 is 6.10 Å². The van der Waals surface area contributed by atoms with Crippen LogP contribution in [0.25, 0.3) is 0 Å². The Labute approximate surface area is 104 Å². The van der Waals surface area contributed by atoms with Crippen molar-refractivity contribution in [2.45, 2.75) is 44.8 Å². The SMILES string of the molecule is COC(CN)C(=O)NC(C)C1CCCC1.Cl. The van der Waals surface area contributed by atoms with Gasteiger partial charge in [-0.15, -0.1) is 12.4 Å². The predicted octanol–water partition coefficient (Wildman–Crippen LogP) is 1.08. The summed E-state index contributed by atoms with van der Waals surface area (Å²) >= 11 is 0. The molecule has 2 unspecified atom stereocenters. The number of rotatable bonds is 5. The zero-order chi connectivity index (χ0) is 11.3. The van der Waals surface area contributed by atoms with Gasteiger partial charge in [0.25, 0.3) is 5.91 Å². The molecular weight excluding hydrogens is 228 g/mol. The number of halogens is 1. The summed E-state index contributed by atoms with van der Waals surface area (Å²) in [5.74, 6) is 0.545. The second-order valence-electron chi connectivity index (χ2n) is 4.30. The van der Waals surface area contributed by atoms with E-state index in [9.17, 15) is 4.79 Å². The first-order valence-corrected chi connectivity index (χ1v) is 5.72. The number of ether oxygens (including phenoxy) is 1. The normalized spacial score (nSPS) is 19.9. The minimum absolute atomic E-state index is 0. The molecule has 0 spiro atoms. The Kier molecular flexibility index (Phi) is 7.72. The predicted molar refractivity (Wildman–Crippen MR) is 66.7 cm³/mol. The maximum atomic E-state index is 11.7. The third-order valence-corrected chi connectivity index (χ3v) is 3.27. The highest BCUT2D eigenvalue weighted by Crippen LogP contribution is 2.27. The van der Waals surface area contributed by atoms with Crippen LogP contribution in [0, 0.1) is 5.92 Å². The maximum absolute atomic E-state index is 11.7. The molecule has 1 fully saturated rings. The van der Waals surface area contributed by atoms with Crippen molar-refractivity contribution in [1.29, 1.82) is 0 Å². The summed E-state index contributed by atoms with van der Waals surface area (Å²) < 4.78 is 4.99. The minimum Gasteiger partial charge on any atom is -0.370 e. The molecule has 3 N–H and O–H groups in total. The van der Waals surface area contributed by atoms with Crippen LogP contribution in [0.15, 0.2) is 0 Å². The van der Waals surface area contributed by atoms with Gasteiger partial charge in [-0.3, -0.25) is 4.79 Å². The topological polar surface area (TPSA) is 64.3 Å². The van der Waals surface area contributed by atoms with Crippen LogP contribution in [0.4, 0.5) is 0 Å². The van der Waals surface area contributed by atoms with Crippen LogP contribution in [0.3, 0.4) is 0 Å². The van der Waals surface area contributed by atoms with E-state index in [1.165, 1.54) is 32.8 Å². The molecular formula is C11H23ClN2O2. The van der Waals surface area contributed by atoms with Crippen molar-refractivity contribution in [2.24, 2.45) is 11.7 Å². The third kappa shape index (κ3) is 4.28. The Bertz CT molecular complexity index is 204. The van der Waals surface area contributed by atoms with Gasteiger partial charge in [0.1, 0.15) is 6.10 Å². The molecule has 0 saturated heterocycles. The van der Waals surface area contributed by atoms with E-state index in [0.29, 0.717) is 5.92 Å². The molecule has 1 rings (SSSR count). The molecule has 0 aliphatic heterocycles. The lowest BCUT2D eigenvalue weighted by molar-refractivity contribution is -0.131. The van der Waals surface area contributed by atoms with E-state index in [1.807, 2.05) is 0 Å². The first-order valence-electron chi connectivity index (χ1n) is 5.72. The fraction of sp³-hybridized carbons (Fsp3) is 0.909. The van der Waals surface area contributed by atoms with Crippen LogP contribution in [-0.4, -0.2) is 31.7 Å². The molecule has 0 bridgehead atoms. The molecule has 96 valence electrons. The van der Waals surface area contributed by atoms with Gasteiger partial charge in [0, 0.05) is 19.7 Å². The molecule has 1 saturated carbocycles. The van der Waals surface area contributed by atoms with Crippen molar-refractivity contribution in [3.8, 4) is 0 Å². The number of nitrogens with one attached hydrogen (secondary N) is 1. The molecule has 0 aromatic rings. The summed E-state index contributed by atoms with van der Waals surface area (Å²) in [5.41, 5.74) is 5.43. The molecule has 4 nitrogen and oxygen atoms in total. The summed E-state index contributed by atoms with van der Waals surface area (Å²) in [5, 5.41) is 2.98. The van der Waals surface area contributed by atoms with Crippen LogP contribution in [0.2, 0.25) is 0 Å². The average Bonchev–Trinajstić information content (AvgIpc) is 2.72. The van der Waals surface area contributed by atoms with Gasteiger partial charge in [0.05, 0.1) is 0 Å². The Morgan fingerprint density at radius 3 is 2.50 bits per heavy atom. The van der Waals surface area contributed by atoms with Crippen molar-refractivity contribution < 1.29 is 9.53 Å². The number of carbonyl (C=O) groups is 1. The lowest BCUT2D eigenvalue weighted by atomic mass is 9.99. The van der Waals surface area contributed by atoms with Crippen molar-refractivity contribution in [2.75, 3.05) is 13.7 Å². The van der Waals surface area contributed by atoms with Gasteiger partial charge in [0.2, 0.25) is 0 Å². The van der Waals surface area contributed by atoms with Gasteiger partial charge in [-0.25, -0.2) is 0 Å². The average molecular weight is 251 g/mol. The number of carbonyl (C=O) groups excluding carboxylic acids is 1. The monoisotopic (exact) mass is 250 g/mol. The second-order valence-corrected chi connectivity index (χ2v) is 4.30. The fourth-order valence-electron chi connectivity index (χ4n) is 2.20. The van der Waals surface area contributed by atoms with E-state index in [0.717, 1.165) is 0 Å². The molecule has 5 heteroatoms. The van der Waals surface area contributed by atoms with E-state index in [2.05, 4.69) is 12.2 Å². The fourth-order valence-corrected chi connectivity index (χ4v) is 2.20. The zero-order valence-corrected chi connectivity index (χ0v) is 10.9. The molecule has 1 aliphatic carbocycles. The molecule has 0 radical (unpaired) electrons. The number of hydrogen-bond acceptors (Lipinski definition) is 3. The quantitative estimate of drug-likeness (QED) is 0.768. The molecule has 2 atom stereocenters. The van der Waals surface area contributed by atoms with Crippen LogP contribution in [0.5, 0.6) is 0 Å². The van der Waals surface area contributed by atoms with Gasteiger partial charge in [-0.05, 0) is 25.7 Å². The molecule has 0 heterocycles. The Morgan fingerprint density at radius 2 is 2.06 bits per heavy atom. The lowest BCUT2D eigenvalue weighted by Gasteiger charge is -2.22. The van der Waals surface area contributed by atoms with E-state index in [1.54, 1.807) is 0 Å². The summed E-state index contributed by atoms with van der Waals surface area (Å²) in [6.45, 7) is 2.30. The van der Waals surface area contributed by atoms with E-state index in [-0.39, 0.29) is 30.9 Å². The minimum atomic E-state index is -0.506. The van der Waals surface area contributed by atoms with E-state index >= 15 is 0 Å². The maximum Gasteiger partial charge on any atom is 0.250 e. The molecule has 0 aromatic carbocycles. The van der Waals surface area contributed by atoms with Gasteiger partial charge >= 0.3 is 0 Å². The van der Waals surface area contributed by atoms with Crippen molar-refractivity contribution in [3.63, 3.8) is 0 Å². The highest BCUT2D eigenvalue weighted by Gasteiger charge is 2.25.